The summed E-state index contributed by atoms with van der Waals surface area (Å²) >= 11 is 0. The first-order valence-corrected chi connectivity index (χ1v) is 6.55. The lowest BCUT2D eigenvalue weighted by Crippen LogP contribution is -2.33. The first kappa shape index (κ1) is 13.5. The molecule has 0 heterocycles. The van der Waals surface area contributed by atoms with Gasteiger partial charge < -0.3 is 10.4 Å². The van der Waals surface area contributed by atoms with E-state index in [1.54, 1.807) is 6.92 Å². The minimum atomic E-state index is -0.671. The monoisotopic (exact) mass is 227 g/mol. The Morgan fingerprint density at radius 3 is 2.56 bits per heavy atom. The highest BCUT2D eigenvalue weighted by Crippen LogP contribution is 2.25. The Bertz CT molecular complexity index is 214. The smallest absolute Gasteiger partial charge is 0.306 e. The van der Waals surface area contributed by atoms with Gasteiger partial charge >= 0.3 is 5.97 Å². The lowest BCUT2D eigenvalue weighted by Gasteiger charge is -2.27. The maximum absolute atomic E-state index is 10.6. The molecule has 0 aliphatic heterocycles. The molecule has 1 aliphatic rings. The molecule has 0 radical (unpaired) electrons. The third-order valence-corrected chi connectivity index (χ3v) is 3.68. The van der Waals surface area contributed by atoms with Crippen molar-refractivity contribution in [3.05, 3.63) is 0 Å². The second-order valence-corrected chi connectivity index (χ2v) is 5.28. The fourth-order valence-corrected chi connectivity index (χ4v) is 2.02. The number of hydrogen-bond acceptors (Lipinski definition) is 2. The van der Waals surface area contributed by atoms with E-state index in [0.29, 0.717) is 6.04 Å². The summed E-state index contributed by atoms with van der Waals surface area (Å²) in [6.45, 7) is 5.13. The van der Waals surface area contributed by atoms with Crippen LogP contribution < -0.4 is 5.32 Å². The van der Waals surface area contributed by atoms with Crippen LogP contribution in [-0.2, 0) is 4.79 Å². The Morgan fingerprint density at radius 2 is 2.06 bits per heavy atom. The van der Waals surface area contributed by atoms with Crippen LogP contribution >= 0.6 is 0 Å². The average Bonchev–Trinajstić information content (AvgIpc) is 2.15. The van der Waals surface area contributed by atoms with Crippen molar-refractivity contribution in [2.45, 2.75) is 58.4 Å². The molecule has 0 aromatic carbocycles. The molecule has 2 unspecified atom stereocenters. The van der Waals surface area contributed by atoms with Gasteiger partial charge in [-0.2, -0.15) is 0 Å². The molecule has 0 aromatic heterocycles. The number of hydrogen-bond donors (Lipinski definition) is 2. The minimum Gasteiger partial charge on any atom is -0.481 e. The van der Waals surface area contributed by atoms with E-state index in [2.05, 4.69) is 12.2 Å². The van der Waals surface area contributed by atoms with Crippen molar-refractivity contribution in [1.29, 1.82) is 0 Å². The first-order valence-electron chi connectivity index (χ1n) is 6.55. The summed E-state index contributed by atoms with van der Waals surface area (Å²) in [5, 5.41) is 12.3. The van der Waals surface area contributed by atoms with Crippen LogP contribution in [0.15, 0.2) is 0 Å². The fraction of sp³-hybridized carbons (Fsp3) is 0.923. The van der Waals surface area contributed by atoms with Crippen molar-refractivity contribution in [1.82, 2.24) is 5.32 Å². The number of nitrogens with one attached hydrogen (secondary N) is 1. The van der Waals surface area contributed by atoms with Crippen LogP contribution in [0, 0.1) is 11.8 Å². The number of aliphatic carboxylic acids is 1. The van der Waals surface area contributed by atoms with Gasteiger partial charge in [0.1, 0.15) is 0 Å². The summed E-state index contributed by atoms with van der Waals surface area (Å²) in [5.74, 6) is 0.0364. The number of carbonyl (C=O) groups is 1. The van der Waals surface area contributed by atoms with Crippen molar-refractivity contribution >= 4 is 5.97 Å². The standard InChI is InChI=1S/C13H25NO2/c1-10(13(15)16)5-3-6-11(2)14-9-12-7-4-8-12/h10-12,14H,3-9H2,1-2H3,(H,15,16). The quantitative estimate of drug-likeness (QED) is 0.670. The van der Waals surface area contributed by atoms with Gasteiger partial charge in [0, 0.05) is 6.04 Å². The summed E-state index contributed by atoms with van der Waals surface area (Å²) in [5.41, 5.74) is 0. The summed E-state index contributed by atoms with van der Waals surface area (Å²) in [6.07, 6.45) is 7.06. The fourth-order valence-electron chi connectivity index (χ4n) is 2.02. The summed E-state index contributed by atoms with van der Waals surface area (Å²) < 4.78 is 0. The molecular formula is C13H25NO2. The number of rotatable bonds is 8. The van der Waals surface area contributed by atoms with Gasteiger partial charge in [0.25, 0.3) is 0 Å². The van der Waals surface area contributed by atoms with E-state index in [1.165, 1.54) is 19.3 Å². The molecule has 1 rings (SSSR count). The molecule has 1 saturated carbocycles. The van der Waals surface area contributed by atoms with Gasteiger partial charge in [0.2, 0.25) is 0 Å². The molecule has 0 aromatic rings. The van der Waals surface area contributed by atoms with Gasteiger partial charge in [-0.15, -0.1) is 0 Å². The van der Waals surface area contributed by atoms with Gasteiger partial charge in [-0.05, 0) is 45.1 Å². The maximum Gasteiger partial charge on any atom is 0.306 e. The number of carboxylic acids is 1. The van der Waals surface area contributed by atoms with Crippen molar-refractivity contribution in [3.8, 4) is 0 Å². The first-order chi connectivity index (χ1) is 7.59. The van der Waals surface area contributed by atoms with Crippen molar-refractivity contribution < 1.29 is 9.90 Å². The Hall–Kier alpha value is -0.570. The second-order valence-electron chi connectivity index (χ2n) is 5.28. The molecule has 0 amide bonds. The lowest BCUT2D eigenvalue weighted by molar-refractivity contribution is -0.141. The Labute approximate surface area is 98.6 Å². The van der Waals surface area contributed by atoms with Crippen molar-refractivity contribution in [2.75, 3.05) is 6.54 Å². The molecule has 3 heteroatoms. The van der Waals surface area contributed by atoms with Crippen LogP contribution in [0.5, 0.6) is 0 Å². The van der Waals surface area contributed by atoms with E-state index in [0.717, 1.165) is 31.7 Å². The van der Waals surface area contributed by atoms with Gasteiger partial charge in [0.05, 0.1) is 5.92 Å². The van der Waals surface area contributed by atoms with E-state index in [9.17, 15) is 4.79 Å². The molecule has 94 valence electrons. The van der Waals surface area contributed by atoms with Gasteiger partial charge in [-0.3, -0.25) is 4.79 Å². The highest BCUT2D eigenvalue weighted by atomic mass is 16.4. The van der Waals surface area contributed by atoms with E-state index >= 15 is 0 Å². The van der Waals surface area contributed by atoms with E-state index in [4.69, 9.17) is 5.11 Å². The van der Waals surface area contributed by atoms with Gasteiger partial charge in [-0.1, -0.05) is 19.8 Å². The average molecular weight is 227 g/mol. The zero-order valence-corrected chi connectivity index (χ0v) is 10.5. The van der Waals surface area contributed by atoms with Crippen LogP contribution in [0.25, 0.3) is 0 Å². The third-order valence-electron chi connectivity index (χ3n) is 3.68. The Balaban J connectivity index is 1.96. The molecule has 3 nitrogen and oxygen atoms in total. The van der Waals surface area contributed by atoms with Crippen molar-refractivity contribution in [3.63, 3.8) is 0 Å². The molecule has 16 heavy (non-hydrogen) atoms. The molecule has 0 bridgehead atoms. The zero-order chi connectivity index (χ0) is 12.0. The van der Waals surface area contributed by atoms with Crippen LogP contribution in [0.2, 0.25) is 0 Å². The largest absolute Gasteiger partial charge is 0.481 e. The predicted molar refractivity (Wildman–Crippen MR) is 65.5 cm³/mol. The molecule has 1 fully saturated rings. The topological polar surface area (TPSA) is 49.3 Å². The Morgan fingerprint density at radius 1 is 1.38 bits per heavy atom. The zero-order valence-electron chi connectivity index (χ0n) is 10.5. The summed E-state index contributed by atoms with van der Waals surface area (Å²) in [7, 11) is 0. The predicted octanol–water partition coefficient (Wildman–Crippen LogP) is 2.66. The van der Waals surface area contributed by atoms with Crippen LogP contribution in [-0.4, -0.2) is 23.7 Å². The third kappa shape index (κ3) is 4.97. The Kier molecular flexibility index (Phi) is 5.81. The summed E-state index contributed by atoms with van der Waals surface area (Å²) in [6, 6.07) is 0.529. The molecule has 2 atom stereocenters. The van der Waals surface area contributed by atoms with E-state index in [1.807, 2.05) is 0 Å². The van der Waals surface area contributed by atoms with Crippen molar-refractivity contribution in [2.24, 2.45) is 11.8 Å². The van der Waals surface area contributed by atoms with E-state index in [-0.39, 0.29) is 5.92 Å². The van der Waals surface area contributed by atoms with E-state index < -0.39 is 5.97 Å². The SMILES string of the molecule is CC(CCCC(C)C(=O)O)NCC1CCC1. The number of carboxylic acid groups (broad SMARTS) is 1. The molecular weight excluding hydrogens is 202 g/mol. The van der Waals surface area contributed by atoms with Crippen LogP contribution in [0.1, 0.15) is 52.4 Å². The molecule has 1 aliphatic carbocycles. The highest BCUT2D eigenvalue weighted by Gasteiger charge is 2.17. The minimum absolute atomic E-state index is 0.196. The van der Waals surface area contributed by atoms with Gasteiger partial charge in [0.15, 0.2) is 0 Å². The molecule has 2 N–H and O–H groups in total. The normalized spacial score (nSPS) is 20.1. The maximum atomic E-state index is 10.6. The highest BCUT2D eigenvalue weighted by molar-refractivity contribution is 5.69. The van der Waals surface area contributed by atoms with Crippen LogP contribution in [0.3, 0.4) is 0 Å². The van der Waals surface area contributed by atoms with Gasteiger partial charge in [-0.25, -0.2) is 0 Å². The lowest BCUT2D eigenvalue weighted by atomic mass is 9.85. The summed E-state index contributed by atoms with van der Waals surface area (Å²) in [4.78, 5) is 10.6. The second kappa shape index (κ2) is 6.89. The van der Waals surface area contributed by atoms with Crippen LogP contribution in [0.4, 0.5) is 0 Å². The molecule has 0 saturated heterocycles. The molecule has 0 spiro atoms.